The third-order valence-corrected chi connectivity index (χ3v) is 4.98. The Bertz CT molecular complexity index is 885. The normalized spacial score (nSPS) is 25.1. The monoisotopic (exact) mass is 409 g/mol. The Morgan fingerprint density at radius 2 is 1.50 bits per heavy atom. The first-order valence-electron chi connectivity index (χ1n) is 9.84. The molecule has 2 saturated heterocycles. The van der Waals surface area contributed by atoms with Crippen LogP contribution < -0.4 is 5.32 Å². The maximum Gasteiger partial charge on any atom is 0.407 e. The van der Waals surface area contributed by atoms with Gasteiger partial charge in [-0.05, 0) is 17.2 Å². The molecule has 0 radical (unpaired) electrons. The molecule has 156 valence electrons. The molecule has 30 heavy (non-hydrogen) atoms. The minimum Gasteiger partial charge on any atom is -0.454 e. The summed E-state index contributed by atoms with van der Waals surface area (Å²) in [5.41, 5.74) is 1.88. The maximum absolute atomic E-state index is 12.1. The Kier molecular flexibility index (Phi) is 6.41. The number of carbonyl (C=O) groups excluding carboxylic acids is 2. The third kappa shape index (κ3) is 5.06. The van der Waals surface area contributed by atoms with E-state index < -0.39 is 36.5 Å². The Morgan fingerprint density at radius 1 is 0.900 bits per heavy atom. The molecule has 0 unspecified atom stereocenters. The molecule has 1 amide bonds. The van der Waals surface area contributed by atoms with Crippen LogP contribution in [0.15, 0.2) is 66.7 Å². The molecule has 2 aromatic carbocycles. The molecule has 0 aliphatic carbocycles. The van der Waals surface area contributed by atoms with Crippen molar-refractivity contribution >= 4 is 18.1 Å². The van der Waals surface area contributed by atoms with E-state index in [2.05, 4.69) is 5.32 Å². The number of alkyl carbamates (subject to hydrolysis) is 1. The fraction of sp³-hybridized carbons (Fsp3) is 0.304. The van der Waals surface area contributed by atoms with E-state index in [0.717, 1.165) is 11.1 Å². The Hall–Kier alpha value is -3.16. The second-order valence-electron chi connectivity index (χ2n) is 7.10. The Labute approximate surface area is 174 Å². The molecular weight excluding hydrogens is 386 g/mol. The highest BCUT2D eigenvalue weighted by Crippen LogP contribution is 2.30. The number of hydrogen-bond donors (Lipinski definition) is 1. The Balaban J connectivity index is 1.24. The van der Waals surface area contributed by atoms with Gasteiger partial charge < -0.3 is 24.3 Å². The molecule has 0 saturated carbocycles. The first-order chi connectivity index (χ1) is 14.7. The fourth-order valence-corrected chi connectivity index (χ4v) is 3.50. The van der Waals surface area contributed by atoms with Crippen LogP contribution in [0.2, 0.25) is 0 Å². The molecule has 0 spiro atoms. The van der Waals surface area contributed by atoms with E-state index in [1.165, 1.54) is 6.08 Å². The topological polar surface area (TPSA) is 83.1 Å². The van der Waals surface area contributed by atoms with Crippen molar-refractivity contribution in [3.8, 4) is 0 Å². The second-order valence-corrected chi connectivity index (χ2v) is 7.10. The lowest BCUT2D eigenvalue weighted by molar-refractivity contribution is -0.147. The van der Waals surface area contributed by atoms with Gasteiger partial charge in [-0.15, -0.1) is 0 Å². The molecule has 7 heteroatoms. The molecule has 4 atom stereocenters. The van der Waals surface area contributed by atoms with Crippen molar-refractivity contribution in [2.75, 3.05) is 13.2 Å². The summed E-state index contributed by atoms with van der Waals surface area (Å²) in [6.07, 6.45) is 0.534. The lowest BCUT2D eigenvalue weighted by Gasteiger charge is -2.17. The lowest BCUT2D eigenvalue weighted by atomic mass is 10.1. The highest BCUT2D eigenvalue weighted by atomic mass is 16.7. The number of rotatable bonds is 6. The summed E-state index contributed by atoms with van der Waals surface area (Å²) in [4.78, 5) is 24.2. The molecule has 2 aliphatic rings. The Morgan fingerprint density at radius 3 is 2.17 bits per heavy atom. The smallest absolute Gasteiger partial charge is 0.407 e. The first kappa shape index (κ1) is 20.1. The highest BCUT2D eigenvalue weighted by molar-refractivity contribution is 5.87. The van der Waals surface area contributed by atoms with Crippen LogP contribution in [-0.4, -0.2) is 49.7 Å². The van der Waals surface area contributed by atoms with Gasteiger partial charge in [-0.1, -0.05) is 60.7 Å². The first-order valence-corrected chi connectivity index (χ1v) is 9.84. The van der Waals surface area contributed by atoms with Crippen LogP contribution in [-0.2, 0) is 30.3 Å². The van der Waals surface area contributed by atoms with Gasteiger partial charge >= 0.3 is 12.1 Å². The van der Waals surface area contributed by atoms with Gasteiger partial charge in [0, 0.05) is 12.6 Å². The molecular formula is C23H23NO6. The summed E-state index contributed by atoms with van der Waals surface area (Å²) in [6, 6.07) is 19.0. The van der Waals surface area contributed by atoms with Crippen LogP contribution in [0, 0.1) is 0 Å². The van der Waals surface area contributed by atoms with Crippen molar-refractivity contribution in [2.45, 2.75) is 31.0 Å². The molecule has 0 bridgehead atoms. The van der Waals surface area contributed by atoms with Gasteiger partial charge in [-0.2, -0.15) is 0 Å². The minimum atomic E-state index is -0.547. The van der Waals surface area contributed by atoms with Crippen molar-refractivity contribution in [3.63, 3.8) is 0 Å². The number of benzene rings is 2. The summed E-state index contributed by atoms with van der Waals surface area (Å²) in [5, 5.41) is 2.71. The summed E-state index contributed by atoms with van der Waals surface area (Å²) in [7, 11) is 0. The van der Waals surface area contributed by atoms with E-state index >= 15 is 0 Å². The van der Waals surface area contributed by atoms with Gasteiger partial charge in [0.15, 0.2) is 12.2 Å². The SMILES string of the molecule is O=C(/C=C/c1ccccc1)O[C@@H]1CO[C@H]2[C@@H]1OC[C@@H]2OC(=O)NCc1ccccc1. The summed E-state index contributed by atoms with van der Waals surface area (Å²) < 4.78 is 22.3. The van der Waals surface area contributed by atoms with Crippen molar-refractivity contribution < 1.29 is 28.5 Å². The zero-order valence-corrected chi connectivity index (χ0v) is 16.3. The third-order valence-electron chi connectivity index (χ3n) is 4.98. The molecule has 7 nitrogen and oxygen atoms in total. The van der Waals surface area contributed by atoms with E-state index in [1.807, 2.05) is 60.7 Å². The molecule has 2 heterocycles. The average Bonchev–Trinajstić information content (AvgIpc) is 3.36. The average molecular weight is 409 g/mol. The number of carbonyl (C=O) groups is 2. The van der Waals surface area contributed by atoms with Crippen molar-refractivity contribution in [2.24, 2.45) is 0 Å². The van der Waals surface area contributed by atoms with Gasteiger partial charge in [0.05, 0.1) is 13.2 Å². The van der Waals surface area contributed by atoms with Crippen LogP contribution in [0.5, 0.6) is 0 Å². The van der Waals surface area contributed by atoms with Crippen LogP contribution >= 0.6 is 0 Å². The molecule has 0 aromatic heterocycles. The standard InChI is InChI=1S/C23H23NO6/c25-20(12-11-16-7-3-1-4-8-16)29-18-14-27-22-19(15-28-21(18)22)30-23(26)24-13-17-9-5-2-6-10-17/h1-12,18-19,21-22H,13-15H2,(H,24,26)/b12-11+/t18-,19+,21-,22-/m1/s1. The van der Waals surface area contributed by atoms with E-state index in [-0.39, 0.29) is 13.2 Å². The summed E-state index contributed by atoms with van der Waals surface area (Å²) in [5.74, 6) is -0.471. The van der Waals surface area contributed by atoms with Crippen LogP contribution in [0.1, 0.15) is 11.1 Å². The van der Waals surface area contributed by atoms with Crippen molar-refractivity contribution in [1.29, 1.82) is 0 Å². The molecule has 2 aromatic rings. The zero-order chi connectivity index (χ0) is 20.8. The molecule has 2 fully saturated rings. The highest BCUT2D eigenvalue weighted by Gasteiger charge is 2.51. The van der Waals surface area contributed by atoms with E-state index in [1.54, 1.807) is 6.08 Å². The van der Waals surface area contributed by atoms with Crippen LogP contribution in [0.3, 0.4) is 0 Å². The largest absolute Gasteiger partial charge is 0.454 e. The maximum atomic E-state index is 12.1. The predicted octanol–water partition coefficient (Wildman–Crippen LogP) is 2.70. The number of hydrogen-bond acceptors (Lipinski definition) is 6. The van der Waals surface area contributed by atoms with Gasteiger partial charge in [-0.25, -0.2) is 9.59 Å². The van der Waals surface area contributed by atoms with Gasteiger partial charge in [-0.3, -0.25) is 0 Å². The summed E-state index contributed by atoms with van der Waals surface area (Å²) >= 11 is 0. The van der Waals surface area contributed by atoms with E-state index in [9.17, 15) is 9.59 Å². The molecule has 1 N–H and O–H groups in total. The quantitative estimate of drug-likeness (QED) is 0.584. The predicted molar refractivity (Wildman–Crippen MR) is 108 cm³/mol. The number of fused-ring (bicyclic) bond motifs is 1. The van der Waals surface area contributed by atoms with Gasteiger partial charge in [0.2, 0.25) is 0 Å². The van der Waals surface area contributed by atoms with Gasteiger partial charge in [0.25, 0.3) is 0 Å². The van der Waals surface area contributed by atoms with Crippen LogP contribution in [0.25, 0.3) is 6.08 Å². The lowest BCUT2D eigenvalue weighted by Crippen LogP contribution is -2.37. The van der Waals surface area contributed by atoms with Crippen molar-refractivity contribution in [3.05, 3.63) is 77.9 Å². The number of ether oxygens (including phenoxy) is 4. The zero-order valence-electron chi connectivity index (χ0n) is 16.3. The van der Waals surface area contributed by atoms with Gasteiger partial charge in [0.1, 0.15) is 12.2 Å². The molecule has 4 rings (SSSR count). The number of nitrogens with one attached hydrogen (secondary N) is 1. The second kappa shape index (κ2) is 9.56. The molecule has 2 aliphatic heterocycles. The summed E-state index contributed by atoms with van der Waals surface area (Å²) in [6.45, 7) is 0.768. The van der Waals surface area contributed by atoms with E-state index in [4.69, 9.17) is 18.9 Å². The van der Waals surface area contributed by atoms with Crippen molar-refractivity contribution in [1.82, 2.24) is 5.32 Å². The minimum absolute atomic E-state index is 0.196. The van der Waals surface area contributed by atoms with E-state index in [0.29, 0.717) is 6.54 Å². The van der Waals surface area contributed by atoms with Crippen LogP contribution in [0.4, 0.5) is 4.79 Å². The fourth-order valence-electron chi connectivity index (χ4n) is 3.50. The number of amides is 1. The number of esters is 1.